The van der Waals surface area contributed by atoms with E-state index in [1.165, 1.54) is 75.6 Å². The van der Waals surface area contributed by atoms with Gasteiger partial charge in [0.2, 0.25) is 0 Å². The van der Waals surface area contributed by atoms with Gasteiger partial charge in [0, 0.05) is 167 Å². The van der Waals surface area contributed by atoms with E-state index in [0.29, 0.717) is 112 Å². The summed E-state index contributed by atoms with van der Waals surface area (Å²) in [6, 6.07) is 26.0. The average molecular weight is 1720 g/mol. The summed E-state index contributed by atoms with van der Waals surface area (Å²) < 4.78 is 78.9. The van der Waals surface area contributed by atoms with Gasteiger partial charge in [0.05, 0.1) is 43.2 Å². The molecule has 12 aliphatic rings. The van der Waals surface area contributed by atoms with Gasteiger partial charge in [-0.05, 0) is 234 Å². The molecule has 0 amide bonds. The average Bonchev–Trinajstić information content (AvgIpc) is 0.670. The summed E-state index contributed by atoms with van der Waals surface area (Å²) in [7, 11) is -8.52. The Morgan fingerprint density at radius 1 is 0.549 bits per heavy atom. The van der Waals surface area contributed by atoms with Crippen LogP contribution in [0, 0.1) is 65.1 Å². The lowest BCUT2D eigenvalue weighted by Gasteiger charge is -2.75. The monoisotopic (exact) mass is 1720 g/mol. The number of aromatic amines is 2. The van der Waals surface area contributed by atoms with Crippen molar-refractivity contribution in [3.05, 3.63) is 187 Å². The Kier molecular flexibility index (Phi) is 23.7. The van der Waals surface area contributed by atoms with E-state index >= 15 is 0 Å². The van der Waals surface area contributed by atoms with Gasteiger partial charge >= 0.3 is 0 Å². The van der Waals surface area contributed by atoms with E-state index in [1.54, 1.807) is 59.2 Å². The van der Waals surface area contributed by atoms with Crippen LogP contribution in [-0.4, -0.2) is 176 Å². The third-order valence-corrected chi connectivity index (χ3v) is 32.8. The number of piperazine rings is 2. The second kappa shape index (κ2) is 33.9. The van der Waals surface area contributed by atoms with Crippen molar-refractivity contribution in [1.82, 2.24) is 29.7 Å². The van der Waals surface area contributed by atoms with E-state index in [9.17, 15) is 46.7 Å². The molecule has 20 rings (SSSR count). The quantitative estimate of drug-likeness (QED) is 0.0145. The molecule has 648 valence electrons. The highest BCUT2D eigenvalue weighted by Gasteiger charge is 2.71. The smallest absolute Gasteiger partial charge is 0.273 e. The SMILES string of the molecule is CC(C)C12CC(C3=C(CN4CCN(c5ccc(C(=O)CS(=O)(=O)c6ccc(CCC7CCOCC7)c([N+](=O)[O-])c6)c(Oc6cnc7[nH]ccc7c6)c5)CC4)CCC(C)(C)C3)(C1)C2.CC1(C)CCC(CN2CCN(c3ccc(C(=O)CS(=O)(=O)c4ccc(CCC5CCOCC5)c([N+](=O)[O-])c4)c(Oc4cnc5[nH]ccc5c4)c3)CC2)=C(C23CC(Cl)(C2)C3)C1. The molecule has 8 heterocycles. The molecule has 6 saturated carbocycles. The van der Waals surface area contributed by atoms with Gasteiger partial charge in [-0.1, -0.05) is 76.0 Å². The number of halogens is 1. The maximum absolute atomic E-state index is 14.1. The number of benzene rings is 4. The van der Waals surface area contributed by atoms with Crippen LogP contribution in [0.2, 0.25) is 0 Å². The van der Waals surface area contributed by atoms with Gasteiger partial charge in [0.15, 0.2) is 31.2 Å². The number of allylic oxidation sites excluding steroid dienone is 2. The number of hydrogen-bond donors (Lipinski definition) is 2. The number of anilines is 2. The minimum absolute atomic E-state index is 0.0492. The first-order valence-electron chi connectivity index (χ1n) is 44.1. The number of alkyl halides is 1. The van der Waals surface area contributed by atoms with Crippen molar-refractivity contribution >= 4 is 87.7 Å². The van der Waals surface area contributed by atoms with Crippen molar-refractivity contribution < 1.29 is 55.2 Å². The van der Waals surface area contributed by atoms with Gasteiger partial charge < -0.3 is 38.7 Å². The fourth-order valence-corrected chi connectivity index (χ4v) is 25.0. The first-order chi connectivity index (χ1) is 58.3. The molecule has 4 aliphatic heterocycles. The number of hydrogen-bond acceptors (Lipinski definition) is 20. The number of nitro groups is 2. The van der Waals surface area contributed by atoms with E-state index in [1.807, 2.05) is 48.5 Å². The molecule has 4 aromatic heterocycles. The van der Waals surface area contributed by atoms with Gasteiger partial charge in [0.1, 0.15) is 45.8 Å². The van der Waals surface area contributed by atoms with Gasteiger partial charge in [-0.2, -0.15) is 0 Å². The summed E-state index contributed by atoms with van der Waals surface area (Å²) in [5.74, 6) is -0.265. The van der Waals surface area contributed by atoms with E-state index in [0.717, 1.165) is 170 Å². The maximum Gasteiger partial charge on any atom is 0.273 e. The molecule has 27 heteroatoms. The van der Waals surface area contributed by atoms with Gasteiger partial charge in [-0.15, -0.1) is 11.6 Å². The van der Waals surface area contributed by atoms with Crippen molar-refractivity contribution in [2.45, 2.75) is 185 Å². The molecule has 0 radical (unpaired) electrons. The summed E-state index contributed by atoms with van der Waals surface area (Å²) in [6.07, 6.45) is 27.4. The first-order valence-corrected chi connectivity index (χ1v) is 47.7. The zero-order chi connectivity index (χ0) is 85.3. The van der Waals surface area contributed by atoms with E-state index in [4.69, 9.17) is 30.5 Å². The Hall–Kier alpha value is -8.89. The van der Waals surface area contributed by atoms with Crippen LogP contribution in [0.4, 0.5) is 22.7 Å². The lowest BCUT2D eigenvalue weighted by molar-refractivity contribution is -0.385. The topological polar surface area (TPSA) is 296 Å². The number of ketones is 2. The minimum Gasteiger partial charge on any atom is -0.455 e. The van der Waals surface area contributed by atoms with Crippen LogP contribution < -0.4 is 19.3 Å². The van der Waals surface area contributed by atoms with Gasteiger partial charge in [-0.3, -0.25) is 39.6 Å². The number of sulfone groups is 2. The van der Waals surface area contributed by atoms with Gasteiger partial charge in [-0.25, -0.2) is 26.8 Å². The molecule has 122 heavy (non-hydrogen) atoms. The number of aromatic nitrogens is 4. The summed E-state index contributed by atoms with van der Waals surface area (Å²) >= 11 is 6.75. The summed E-state index contributed by atoms with van der Waals surface area (Å²) in [5, 5.41) is 25.9. The van der Waals surface area contributed by atoms with Crippen molar-refractivity contribution in [3.63, 3.8) is 0 Å². The molecule has 4 aromatic carbocycles. The molecule has 0 spiro atoms. The van der Waals surface area contributed by atoms with Crippen LogP contribution in [0.25, 0.3) is 22.1 Å². The molecule has 0 atom stereocenters. The molecular formula is C95H115ClN10O14S2. The standard InChI is InChI=1S/C49H61N5O7S.C46H54ClN5O7S/c1-33(2)48-30-49(31-48,32-48)42-26-47(3,4)15-11-37(42)28-52-17-19-53(20-18-52)38-8-10-41(45(24-38)61-39-23-36-12-16-50-46(36)51-27-39)44(55)29-62(58,59)40-9-7-35(43(25-40)54(56)57)6-5-34-13-21-60-22-14-34;1-44(2)13-9-34(39(24-44)45-28-46(47,29-45)30-45)26-50-15-17-51(18-16-50)35-6-8-38(42(22-35)59-36-21-33-10-14-48-43(33)49-25-36)41(53)27-60(56,57)37-7-5-32(40(23-37)52(54)55)4-3-31-11-19-58-20-12-31/h7-10,12,16,23-25,27,33-34H,5-6,11,13-15,17-22,26,28-32H2,1-4H3,(H,50,51);5-8,10,14,21-23,25,31H,3-4,9,11-13,15-20,24,26-30H2,1-2H3,(H,48,49). The summed E-state index contributed by atoms with van der Waals surface area (Å²) in [4.78, 5) is 75.6. The zero-order valence-electron chi connectivity index (χ0n) is 71.2. The van der Waals surface area contributed by atoms with Crippen molar-refractivity contribution in [1.29, 1.82) is 0 Å². The van der Waals surface area contributed by atoms with Crippen molar-refractivity contribution in [2.75, 3.05) is 113 Å². The number of nitrogens with one attached hydrogen (secondary N) is 2. The molecule has 8 aliphatic carbocycles. The molecule has 4 bridgehead atoms. The normalized spacial score (nSPS) is 24.4. The van der Waals surface area contributed by atoms with E-state index in [-0.39, 0.29) is 48.7 Å². The van der Waals surface area contributed by atoms with Crippen LogP contribution in [-0.2, 0) is 42.0 Å². The summed E-state index contributed by atoms with van der Waals surface area (Å²) in [5.41, 5.74) is 12.6. The molecule has 8 aromatic rings. The number of Topliss-reactive ketones (excluding diaryl/α,β-unsaturated/α-hetero) is 2. The van der Waals surface area contributed by atoms with Crippen molar-refractivity contribution in [3.8, 4) is 23.0 Å². The second-order valence-corrected chi connectivity index (χ2v) is 43.8. The highest BCUT2D eigenvalue weighted by Crippen LogP contribution is 2.80. The Morgan fingerprint density at radius 3 is 1.34 bits per heavy atom. The molecule has 0 unspecified atom stereocenters. The number of fused-ring (bicyclic) bond motifs is 2. The fourth-order valence-electron chi connectivity index (χ4n) is 21.7. The number of ether oxygens (including phenoxy) is 4. The molecule has 10 fully saturated rings. The lowest BCUT2D eigenvalue weighted by Crippen LogP contribution is -2.65. The Balaban J connectivity index is 0.000000174. The number of nitrogens with zero attached hydrogens (tertiary/aromatic N) is 8. The van der Waals surface area contributed by atoms with Gasteiger partial charge in [0.25, 0.3) is 11.4 Å². The van der Waals surface area contributed by atoms with E-state index < -0.39 is 52.6 Å². The Bertz CT molecular complexity index is 5630. The van der Waals surface area contributed by atoms with E-state index in [2.05, 4.69) is 81.1 Å². The number of carbonyl (C=O) groups is 2. The highest BCUT2D eigenvalue weighted by atomic mass is 35.5. The number of rotatable bonds is 29. The fraction of sp³-hybridized carbons (Fsp3) is 0.537. The molecular weight excluding hydrogens is 1600 g/mol. The van der Waals surface area contributed by atoms with Crippen LogP contribution in [0.5, 0.6) is 23.0 Å². The molecule has 24 nitrogen and oxygen atoms in total. The number of aryl methyl sites for hydroxylation is 2. The number of H-pyrrole nitrogens is 2. The Labute approximate surface area is 720 Å². The second-order valence-electron chi connectivity index (χ2n) is 39.0. The predicted molar refractivity (Wildman–Crippen MR) is 473 cm³/mol. The number of pyridine rings is 2. The van der Waals surface area contributed by atoms with Crippen molar-refractivity contribution in [2.24, 2.45) is 44.8 Å². The zero-order valence-corrected chi connectivity index (χ0v) is 73.6. The third kappa shape index (κ3) is 18.1. The Morgan fingerprint density at radius 2 is 0.951 bits per heavy atom. The van der Waals surface area contributed by atoms with Crippen LogP contribution in [0.3, 0.4) is 0 Å². The largest absolute Gasteiger partial charge is 0.455 e. The predicted octanol–water partition coefficient (Wildman–Crippen LogP) is 18.8. The molecule has 4 saturated heterocycles. The van der Waals surface area contributed by atoms with Crippen LogP contribution in [0.1, 0.15) is 189 Å². The summed E-state index contributed by atoms with van der Waals surface area (Å²) in [6.45, 7) is 26.0. The minimum atomic E-state index is -4.26. The molecule has 2 N–H and O–H groups in total. The number of carbonyl (C=O) groups excluding carboxylic acids is 2. The lowest BCUT2D eigenvalue weighted by atomic mass is 9.29. The van der Waals surface area contributed by atoms with Crippen LogP contribution in [0.15, 0.2) is 154 Å². The first kappa shape index (κ1) is 85.3. The van der Waals surface area contributed by atoms with Crippen LogP contribution >= 0.6 is 11.6 Å². The number of nitro benzene ring substituents is 2. The highest BCUT2D eigenvalue weighted by molar-refractivity contribution is 7.92. The third-order valence-electron chi connectivity index (χ3n) is 29.1. The maximum atomic E-state index is 14.1.